The number of carbonyl (C=O) groups excluding carboxylic acids is 1. The van der Waals surface area contributed by atoms with Gasteiger partial charge < -0.3 is 4.90 Å². The van der Waals surface area contributed by atoms with Gasteiger partial charge in [0, 0.05) is 18.7 Å². The van der Waals surface area contributed by atoms with Crippen LogP contribution in [0.5, 0.6) is 0 Å². The molecule has 1 amide bonds. The minimum atomic E-state index is -0.0324. The molecule has 0 aromatic heterocycles. The molecule has 1 unspecified atom stereocenters. The van der Waals surface area contributed by atoms with Crippen LogP contribution in [0.25, 0.3) is 11.1 Å². The summed E-state index contributed by atoms with van der Waals surface area (Å²) >= 11 is 0. The van der Waals surface area contributed by atoms with Crippen LogP contribution in [0.2, 0.25) is 0 Å². The molecule has 1 atom stereocenters. The van der Waals surface area contributed by atoms with Crippen molar-refractivity contribution in [1.82, 2.24) is 0 Å². The molecule has 0 heterocycles. The average molecular weight is 295 g/mol. The number of hydrogen-bond donors (Lipinski definition) is 0. The van der Waals surface area contributed by atoms with Gasteiger partial charge in [0.1, 0.15) is 0 Å². The molecule has 0 N–H and O–H groups in total. The molecule has 2 aromatic carbocycles. The van der Waals surface area contributed by atoms with Crippen LogP contribution >= 0.6 is 0 Å². The van der Waals surface area contributed by atoms with Crippen LogP contribution in [-0.4, -0.2) is 13.0 Å². The maximum atomic E-state index is 12.6. The molecule has 0 spiro atoms. The first kappa shape index (κ1) is 16.3. The smallest absolute Gasteiger partial charge is 0.230 e. The maximum absolute atomic E-state index is 12.6. The summed E-state index contributed by atoms with van der Waals surface area (Å²) in [6.45, 7) is 8.29. The Morgan fingerprint density at radius 3 is 1.91 bits per heavy atom. The lowest BCUT2D eigenvalue weighted by Crippen LogP contribution is -2.37. The Bertz CT molecular complexity index is 623. The second-order valence-electron chi connectivity index (χ2n) is 6.90. The normalized spacial score (nSPS) is 12.8. The Labute approximate surface area is 133 Å². The van der Waals surface area contributed by atoms with Gasteiger partial charge in [-0.15, -0.1) is 0 Å². The van der Waals surface area contributed by atoms with Gasteiger partial charge >= 0.3 is 0 Å². The molecule has 0 saturated carbocycles. The van der Waals surface area contributed by atoms with Gasteiger partial charge in [-0.1, -0.05) is 70.2 Å². The van der Waals surface area contributed by atoms with Gasteiger partial charge in [-0.25, -0.2) is 0 Å². The summed E-state index contributed by atoms with van der Waals surface area (Å²) in [5, 5.41) is 0. The maximum Gasteiger partial charge on any atom is 0.230 e. The van der Waals surface area contributed by atoms with Crippen molar-refractivity contribution in [1.29, 1.82) is 0 Å². The summed E-state index contributed by atoms with van der Waals surface area (Å²) in [4.78, 5) is 14.3. The minimum Gasteiger partial charge on any atom is -0.315 e. The molecular weight excluding hydrogens is 270 g/mol. The number of nitrogens with zero attached hydrogens (tertiary/aromatic N) is 1. The highest BCUT2D eigenvalue weighted by molar-refractivity contribution is 5.95. The van der Waals surface area contributed by atoms with Crippen molar-refractivity contribution in [3.8, 4) is 11.1 Å². The Morgan fingerprint density at radius 2 is 1.41 bits per heavy atom. The van der Waals surface area contributed by atoms with Crippen LogP contribution in [0, 0.1) is 11.3 Å². The molecule has 0 radical (unpaired) electrons. The first-order valence-corrected chi connectivity index (χ1v) is 7.74. The topological polar surface area (TPSA) is 20.3 Å². The average Bonchev–Trinajstić information content (AvgIpc) is 2.53. The van der Waals surface area contributed by atoms with Crippen LogP contribution in [0.1, 0.15) is 27.7 Å². The van der Waals surface area contributed by atoms with Gasteiger partial charge in [-0.2, -0.15) is 0 Å². The Morgan fingerprint density at radius 1 is 0.909 bits per heavy atom. The lowest BCUT2D eigenvalue weighted by atomic mass is 9.81. The molecule has 0 bridgehead atoms. The van der Waals surface area contributed by atoms with E-state index in [9.17, 15) is 4.79 Å². The van der Waals surface area contributed by atoms with Crippen LogP contribution in [0.4, 0.5) is 5.69 Å². The highest BCUT2D eigenvalue weighted by Gasteiger charge is 2.29. The minimum absolute atomic E-state index is 0.0219. The van der Waals surface area contributed by atoms with E-state index in [-0.39, 0.29) is 17.2 Å². The van der Waals surface area contributed by atoms with Gasteiger partial charge in [-0.3, -0.25) is 4.79 Å². The molecule has 0 aliphatic rings. The number of benzene rings is 2. The van der Waals surface area contributed by atoms with Crippen LogP contribution in [-0.2, 0) is 4.79 Å². The quantitative estimate of drug-likeness (QED) is 0.780. The van der Waals surface area contributed by atoms with Crippen LogP contribution in [0.15, 0.2) is 54.6 Å². The van der Waals surface area contributed by atoms with E-state index in [1.165, 1.54) is 5.56 Å². The number of rotatable bonds is 3. The zero-order chi connectivity index (χ0) is 16.3. The summed E-state index contributed by atoms with van der Waals surface area (Å²) in [5.41, 5.74) is 3.25. The van der Waals surface area contributed by atoms with Gasteiger partial charge in [-0.05, 0) is 28.7 Å². The Balaban J connectivity index is 2.18. The van der Waals surface area contributed by atoms with E-state index in [0.29, 0.717) is 0 Å². The van der Waals surface area contributed by atoms with E-state index in [0.717, 1.165) is 11.3 Å². The molecule has 0 aliphatic carbocycles. The van der Waals surface area contributed by atoms with E-state index in [1.807, 2.05) is 44.3 Å². The molecule has 22 heavy (non-hydrogen) atoms. The monoisotopic (exact) mass is 295 g/mol. The molecule has 116 valence electrons. The Hall–Kier alpha value is -2.09. The zero-order valence-electron chi connectivity index (χ0n) is 14.1. The number of hydrogen-bond acceptors (Lipinski definition) is 1. The molecule has 0 fully saturated rings. The molecule has 0 saturated heterocycles. The third-order valence-electron chi connectivity index (χ3n) is 4.36. The lowest BCUT2D eigenvalue weighted by molar-refractivity contribution is -0.124. The highest BCUT2D eigenvalue weighted by atomic mass is 16.2. The summed E-state index contributed by atoms with van der Waals surface area (Å²) in [7, 11) is 1.85. The van der Waals surface area contributed by atoms with E-state index in [4.69, 9.17) is 0 Å². The summed E-state index contributed by atoms with van der Waals surface area (Å²) < 4.78 is 0. The van der Waals surface area contributed by atoms with Gasteiger partial charge in [0.25, 0.3) is 0 Å². The molecule has 2 heteroatoms. The van der Waals surface area contributed by atoms with Gasteiger partial charge in [0.2, 0.25) is 5.91 Å². The first-order chi connectivity index (χ1) is 10.3. The summed E-state index contributed by atoms with van der Waals surface area (Å²) in [6, 6.07) is 18.4. The standard InChI is InChI=1S/C20H25NO/c1-15(20(2,3)4)19(22)21(5)18-13-11-17(12-14-18)16-9-7-6-8-10-16/h6-15H,1-5H3. The van der Waals surface area contributed by atoms with Crippen molar-refractivity contribution in [3.05, 3.63) is 54.6 Å². The second-order valence-corrected chi connectivity index (χ2v) is 6.90. The SMILES string of the molecule is CC(C(=O)N(C)c1ccc(-c2ccccc2)cc1)C(C)(C)C. The van der Waals surface area contributed by atoms with Gasteiger partial charge in [0.05, 0.1) is 0 Å². The number of carbonyl (C=O) groups is 1. The third kappa shape index (κ3) is 3.56. The van der Waals surface area contributed by atoms with Crippen molar-refractivity contribution < 1.29 is 4.79 Å². The molecular formula is C20H25NO. The van der Waals surface area contributed by atoms with Crippen LogP contribution in [0.3, 0.4) is 0 Å². The lowest BCUT2D eigenvalue weighted by Gasteiger charge is -2.30. The van der Waals surface area contributed by atoms with Crippen molar-refractivity contribution in [2.75, 3.05) is 11.9 Å². The van der Waals surface area contributed by atoms with Crippen molar-refractivity contribution in [2.24, 2.45) is 11.3 Å². The van der Waals surface area contributed by atoms with Crippen LogP contribution < -0.4 is 4.90 Å². The molecule has 2 rings (SSSR count). The number of amides is 1. The second kappa shape index (κ2) is 6.35. The molecule has 2 aromatic rings. The van der Waals surface area contributed by atoms with E-state index >= 15 is 0 Å². The van der Waals surface area contributed by atoms with Crippen molar-refractivity contribution >= 4 is 11.6 Å². The molecule has 2 nitrogen and oxygen atoms in total. The largest absolute Gasteiger partial charge is 0.315 e. The highest BCUT2D eigenvalue weighted by Crippen LogP contribution is 2.29. The Kier molecular flexibility index (Phi) is 4.70. The van der Waals surface area contributed by atoms with Gasteiger partial charge in [0.15, 0.2) is 0 Å². The predicted molar refractivity (Wildman–Crippen MR) is 93.9 cm³/mol. The van der Waals surface area contributed by atoms with E-state index in [2.05, 4.69) is 45.0 Å². The summed E-state index contributed by atoms with van der Waals surface area (Å²) in [5.74, 6) is 0.131. The zero-order valence-corrected chi connectivity index (χ0v) is 14.1. The molecule has 0 aliphatic heterocycles. The third-order valence-corrected chi connectivity index (χ3v) is 4.36. The fourth-order valence-electron chi connectivity index (χ4n) is 2.30. The fraction of sp³-hybridized carbons (Fsp3) is 0.350. The number of anilines is 1. The van der Waals surface area contributed by atoms with Crippen molar-refractivity contribution in [2.45, 2.75) is 27.7 Å². The van der Waals surface area contributed by atoms with Crippen molar-refractivity contribution in [3.63, 3.8) is 0 Å². The predicted octanol–water partition coefficient (Wildman–Crippen LogP) is 5.00. The van der Waals surface area contributed by atoms with E-state index < -0.39 is 0 Å². The van der Waals surface area contributed by atoms with E-state index in [1.54, 1.807) is 4.90 Å². The first-order valence-electron chi connectivity index (χ1n) is 7.74. The summed E-state index contributed by atoms with van der Waals surface area (Å²) in [6.07, 6.45) is 0. The fourth-order valence-corrected chi connectivity index (χ4v) is 2.30.